The van der Waals surface area contributed by atoms with Gasteiger partial charge in [-0.2, -0.15) is 0 Å². The van der Waals surface area contributed by atoms with E-state index in [4.69, 9.17) is 5.73 Å². The molecule has 1 saturated carbocycles. The van der Waals surface area contributed by atoms with E-state index in [-0.39, 0.29) is 5.82 Å². The lowest BCUT2D eigenvalue weighted by Gasteiger charge is -2.21. The zero-order chi connectivity index (χ0) is 12.3. The first-order valence-electron chi connectivity index (χ1n) is 6.26. The topological polar surface area (TPSA) is 80.9 Å². The first-order chi connectivity index (χ1) is 8.16. The van der Waals surface area contributed by atoms with Crippen molar-refractivity contribution in [3.8, 4) is 0 Å². The van der Waals surface area contributed by atoms with Gasteiger partial charge in [-0.25, -0.2) is 4.79 Å². The maximum atomic E-state index is 11.6. The number of nitrogens with zero attached hydrogens (tertiary/aromatic N) is 1. The van der Waals surface area contributed by atoms with Crippen LogP contribution in [-0.2, 0) is 6.54 Å². The van der Waals surface area contributed by atoms with Crippen molar-refractivity contribution < 1.29 is 0 Å². The van der Waals surface area contributed by atoms with Crippen molar-refractivity contribution >= 4 is 5.82 Å². The summed E-state index contributed by atoms with van der Waals surface area (Å²) in [5.74, 6) is 0.955. The van der Waals surface area contributed by atoms with E-state index in [0.717, 1.165) is 6.42 Å². The van der Waals surface area contributed by atoms with E-state index in [9.17, 15) is 9.59 Å². The molecule has 1 aliphatic rings. The molecule has 0 aliphatic heterocycles. The lowest BCUT2D eigenvalue weighted by atomic mass is 9.87. The number of anilines is 1. The van der Waals surface area contributed by atoms with Gasteiger partial charge in [-0.3, -0.25) is 14.3 Å². The van der Waals surface area contributed by atoms with Crippen LogP contribution in [0.4, 0.5) is 5.82 Å². The molecule has 17 heavy (non-hydrogen) atoms. The van der Waals surface area contributed by atoms with Crippen LogP contribution in [0, 0.1) is 5.92 Å². The summed E-state index contributed by atoms with van der Waals surface area (Å²) in [6.45, 7) is 0.603. The fourth-order valence-electron chi connectivity index (χ4n) is 2.56. The largest absolute Gasteiger partial charge is 0.385 e. The fourth-order valence-corrected chi connectivity index (χ4v) is 2.56. The Kier molecular flexibility index (Phi) is 3.66. The zero-order valence-electron chi connectivity index (χ0n) is 9.95. The molecule has 3 N–H and O–H groups in total. The Morgan fingerprint density at radius 3 is 2.65 bits per heavy atom. The molecule has 1 aromatic heterocycles. The van der Waals surface area contributed by atoms with Gasteiger partial charge in [-0.05, 0) is 12.3 Å². The average Bonchev–Trinajstić information content (AvgIpc) is 2.29. The highest BCUT2D eigenvalue weighted by molar-refractivity contribution is 5.25. The molecular weight excluding hydrogens is 218 g/mol. The maximum Gasteiger partial charge on any atom is 0.329 e. The fraction of sp³-hybridized carbons (Fsp3) is 0.667. The van der Waals surface area contributed by atoms with Gasteiger partial charge in [0.15, 0.2) is 0 Å². The molecule has 0 radical (unpaired) electrons. The van der Waals surface area contributed by atoms with Crippen LogP contribution < -0.4 is 17.0 Å². The highest BCUT2D eigenvalue weighted by Gasteiger charge is 2.14. The van der Waals surface area contributed by atoms with Gasteiger partial charge < -0.3 is 5.73 Å². The molecule has 1 fully saturated rings. The quantitative estimate of drug-likeness (QED) is 0.825. The summed E-state index contributed by atoms with van der Waals surface area (Å²) in [7, 11) is 0. The van der Waals surface area contributed by atoms with Crippen molar-refractivity contribution in [2.75, 3.05) is 5.73 Å². The van der Waals surface area contributed by atoms with Crippen LogP contribution in [0.3, 0.4) is 0 Å². The molecule has 1 heterocycles. The summed E-state index contributed by atoms with van der Waals surface area (Å²) in [4.78, 5) is 24.8. The lowest BCUT2D eigenvalue weighted by Crippen LogP contribution is -2.32. The monoisotopic (exact) mass is 237 g/mol. The van der Waals surface area contributed by atoms with Crippen LogP contribution in [0.15, 0.2) is 15.7 Å². The summed E-state index contributed by atoms with van der Waals surface area (Å²) in [6, 6.07) is 1.27. The van der Waals surface area contributed by atoms with E-state index in [1.165, 1.54) is 42.7 Å². The summed E-state index contributed by atoms with van der Waals surface area (Å²) in [5.41, 5.74) is 4.85. The SMILES string of the molecule is Nc1cc(=O)[nH]c(=O)n1CCC1CCCCC1. The summed E-state index contributed by atoms with van der Waals surface area (Å²) in [6.07, 6.45) is 7.38. The first kappa shape index (κ1) is 12.0. The summed E-state index contributed by atoms with van der Waals surface area (Å²) in [5, 5.41) is 0. The molecule has 0 unspecified atom stereocenters. The molecule has 1 aromatic rings. The van der Waals surface area contributed by atoms with Crippen LogP contribution in [0.25, 0.3) is 0 Å². The van der Waals surface area contributed by atoms with Crippen molar-refractivity contribution in [3.63, 3.8) is 0 Å². The smallest absolute Gasteiger partial charge is 0.329 e. The number of rotatable bonds is 3. The predicted molar refractivity (Wildman–Crippen MR) is 66.9 cm³/mol. The standard InChI is InChI=1S/C12H19N3O2/c13-10-8-11(16)14-12(17)15(10)7-6-9-4-2-1-3-5-9/h8-9H,1-7,13H2,(H,14,16,17). The van der Waals surface area contributed by atoms with Crippen LogP contribution in [-0.4, -0.2) is 9.55 Å². The summed E-state index contributed by atoms with van der Waals surface area (Å²) >= 11 is 0. The molecule has 94 valence electrons. The van der Waals surface area contributed by atoms with Gasteiger partial charge in [0, 0.05) is 12.6 Å². The van der Waals surface area contributed by atoms with E-state index in [2.05, 4.69) is 4.98 Å². The van der Waals surface area contributed by atoms with E-state index in [1.54, 1.807) is 0 Å². The molecule has 0 amide bonds. The Morgan fingerprint density at radius 1 is 1.29 bits per heavy atom. The second-order valence-corrected chi connectivity index (χ2v) is 4.81. The number of nitrogens with one attached hydrogen (secondary N) is 1. The zero-order valence-corrected chi connectivity index (χ0v) is 9.95. The Hall–Kier alpha value is -1.52. The third-order valence-electron chi connectivity index (χ3n) is 3.55. The van der Waals surface area contributed by atoms with Crippen molar-refractivity contribution in [2.24, 2.45) is 5.92 Å². The number of aromatic amines is 1. The second-order valence-electron chi connectivity index (χ2n) is 4.81. The Labute approximate surface area is 99.7 Å². The normalized spacial score (nSPS) is 17.2. The van der Waals surface area contributed by atoms with Gasteiger partial charge in [0.2, 0.25) is 0 Å². The number of H-pyrrole nitrogens is 1. The highest BCUT2D eigenvalue weighted by Crippen LogP contribution is 2.26. The molecule has 0 saturated heterocycles. The van der Waals surface area contributed by atoms with Crippen LogP contribution in [0.2, 0.25) is 0 Å². The van der Waals surface area contributed by atoms with E-state index >= 15 is 0 Å². The van der Waals surface area contributed by atoms with Gasteiger partial charge in [0.25, 0.3) is 5.56 Å². The molecule has 1 aliphatic carbocycles. The third-order valence-corrected chi connectivity index (χ3v) is 3.55. The molecule has 5 nitrogen and oxygen atoms in total. The molecule has 0 spiro atoms. The maximum absolute atomic E-state index is 11.6. The first-order valence-corrected chi connectivity index (χ1v) is 6.26. The molecule has 0 aromatic carbocycles. The average molecular weight is 237 g/mol. The van der Waals surface area contributed by atoms with Crippen molar-refractivity contribution in [3.05, 3.63) is 26.9 Å². The number of hydrogen-bond acceptors (Lipinski definition) is 3. The van der Waals surface area contributed by atoms with Crippen LogP contribution in [0.1, 0.15) is 38.5 Å². The van der Waals surface area contributed by atoms with E-state index in [1.807, 2.05) is 0 Å². The highest BCUT2D eigenvalue weighted by atomic mass is 16.2. The van der Waals surface area contributed by atoms with Crippen LogP contribution in [0.5, 0.6) is 0 Å². The summed E-state index contributed by atoms with van der Waals surface area (Å²) < 4.78 is 1.45. The van der Waals surface area contributed by atoms with Gasteiger partial charge in [-0.1, -0.05) is 32.1 Å². The van der Waals surface area contributed by atoms with Gasteiger partial charge in [-0.15, -0.1) is 0 Å². The minimum absolute atomic E-state index is 0.259. The predicted octanol–water partition coefficient (Wildman–Crippen LogP) is 1.09. The minimum atomic E-state index is -0.429. The molecule has 5 heteroatoms. The van der Waals surface area contributed by atoms with Gasteiger partial charge in [0.05, 0.1) is 0 Å². The Bertz CT molecular complexity index is 483. The third kappa shape index (κ3) is 2.99. The number of aromatic nitrogens is 2. The molecule has 2 rings (SSSR count). The van der Waals surface area contributed by atoms with E-state index in [0.29, 0.717) is 12.5 Å². The second kappa shape index (κ2) is 5.21. The van der Waals surface area contributed by atoms with Crippen LogP contribution >= 0.6 is 0 Å². The molecule has 0 atom stereocenters. The Morgan fingerprint density at radius 2 is 2.00 bits per heavy atom. The number of hydrogen-bond donors (Lipinski definition) is 2. The van der Waals surface area contributed by atoms with Gasteiger partial charge >= 0.3 is 5.69 Å². The van der Waals surface area contributed by atoms with Crippen molar-refractivity contribution in [1.29, 1.82) is 0 Å². The van der Waals surface area contributed by atoms with Crippen molar-refractivity contribution in [2.45, 2.75) is 45.1 Å². The lowest BCUT2D eigenvalue weighted by molar-refractivity contribution is 0.322. The molecular formula is C12H19N3O2. The molecule has 0 bridgehead atoms. The minimum Gasteiger partial charge on any atom is -0.385 e. The van der Waals surface area contributed by atoms with Crippen molar-refractivity contribution in [1.82, 2.24) is 9.55 Å². The number of nitrogen functional groups attached to an aromatic ring is 1. The van der Waals surface area contributed by atoms with E-state index < -0.39 is 11.2 Å². The van der Waals surface area contributed by atoms with Gasteiger partial charge in [0.1, 0.15) is 5.82 Å². The Balaban J connectivity index is 2.03. The number of nitrogens with two attached hydrogens (primary N) is 1.